The maximum atomic E-state index is 10.4. The number of aliphatic hydroxyl groups excluding tert-OH is 1. The Kier molecular flexibility index (Phi) is 7.81. The first-order valence-corrected chi connectivity index (χ1v) is 9.68. The van der Waals surface area contributed by atoms with Gasteiger partial charge in [0, 0.05) is 33.3 Å². The number of halogens is 1. The minimum Gasteiger partial charge on any atom is -0.473 e. The molecule has 0 radical (unpaired) electrons. The number of aromatic nitrogens is 1. The molecule has 1 atom stereocenters. The van der Waals surface area contributed by atoms with Crippen molar-refractivity contribution in [2.75, 3.05) is 11.9 Å². The molecule has 8 heteroatoms. The molecule has 29 heavy (non-hydrogen) atoms. The van der Waals surface area contributed by atoms with E-state index >= 15 is 0 Å². The van der Waals surface area contributed by atoms with Crippen LogP contribution >= 0.6 is 15.9 Å². The van der Waals surface area contributed by atoms with Gasteiger partial charge in [-0.05, 0) is 49.7 Å². The van der Waals surface area contributed by atoms with Crippen molar-refractivity contribution in [2.24, 2.45) is 0 Å². The Morgan fingerprint density at radius 3 is 2.21 bits per heavy atom. The molecule has 0 saturated carbocycles. The van der Waals surface area contributed by atoms with E-state index in [1.54, 1.807) is 0 Å². The number of para-hydroxylation sites is 1. The number of rotatable bonds is 5. The highest BCUT2D eigenvalue weighted by molar-refractivity contribution is 9.10. The maximum absolute atomic E-state index is 10.4. The van der Waals surface area contributed by atoms with Gasteiger partial charge in [-0.25, -0.2) is 9.59 Å². The first kappa shape index (κ1) is 22.4. The fourth-order valence-electron chi connectivity index (χ4n) is 2.92. The van der Waals surface area contributed by atoms with Crippen LogP contribution in [0.3, 0.4) is 0 Å². The van der Waals surface area contributed by atoms with Crippen molar-refractivity contribution in [1.82, 2.24) is 4.57 Å². The number of carboxylic acids is 2. The van der Waals surface area contributed by atoms with E-state index < -0.39 is 18.0 Å². The van der Waals surface area contributed by atoms with Gasteiger partial charge in [0.25, 0.3) is 0 Å². The van der Waals surface area contributed by atoms with Crippen molar-refractivity contribution in [3.8, 4) is 0 Å². The standard InChI is InChI=1S/C19H21BrN2O.C2H2O4/c1-13-14(2)22(19-6-4-3-5-18(13)19)12-17(23)11-21-16-9-7-15(20)8-10-16;3-1(4)2(5)6/h3-10,17,21,23H,11-12H2,1-2H3;(H,3,4)(H,5,6). The Morgan fingerprint density at radius 1 is 1.03 bits per heavy atom. The summed E-state index contributed by atoms with van der Waals surface area (Å²) in [6.45, 7) is 5.36. The number of hydrogen-bond acceptors (Lipinski definition) is 4. The molecule has 3 rings (SSSR count). The minimum absolute atomic E-state index is 0.451. The number of carbonyl (C=O) groups is 2. The molecule has 1 aromatic heterocycles. The van der Waals surface area contributed by atoms with Crippen LogP contribution in [0.5, 0.6) is 0 Å². The van der Waals surface area contributed by atoms with Crippen LogP contribution in [0.25, 0.3) is 10.9 Å². The highest BCUT2D eigenvalue weighted by atomic mass is 79.9. The lowest BCUT2D eigenvalue weighted by atomic mass is 10.2. The summed E-state index contributed by atoms with van der Waals surface area (Å²) >= 11 is 3.42. The first-order valence-electron chi connectivity index (χ1n) is 8.88. The topological polar surface area (TPSA) is 112 Å². The molecule has 0 spiro atoms. The molecule has 154 valence electrons. The molecule has 0 amide bonds. The molecule has 4 N–H and O–H groups in total. The molecule has 3 aromatic rings. The van der Waals surface area contributed by atoms with Crippen molar-refractivity contribution >= 4 is 44.5 Å². The average molecular weight is 463 g/mol. The lowest BCUT2D eigenvalue weighted by Gasteiger charge is -2.16. The number of aliphatic carboxylic acids is 2. The number of hydrogen-bond donors (Lipinski definition) is 4. The van der Waals surface area contributed by atoms with Crippen LogP contribution in [0, 0.1) is 13.8 Å². The van der Waals surface area contributed by atoms with E-state index in [0.717, 1.165) is 10.2 Å². The van der Waals surface area contributed by atoms with Crippen LogP contribution in [-0.2, 0) is 16.1 Å². The maximum Gasteiger partial charge on any atom is 0.414 e. The van der Waals surface area contributed by atoms with Crippen molar-refractivity contribution < 1.29 is 24.9 Å². The second-order valence-electron chi connectivity index (χ2n) is 6.49. The summed E-state index contributed by atoms with van der Waals surface area (Å²) in [5.74, 6) is -3.65. The number of anilines is 1. The zero-order valence-electron chi connectivity index (χ0n) is 16.1. The number of aryl methyl sites for hydroxylation is 1. The van der Waals surface area contributed by atoms with E-state index in [4.69, 9.17) is 19.8 Å². The van der Waals surface area contributed by atoms with Gasteiger partial charge in [-0.2, -0.15) is 0 Å². The number of benzene rings is 2. The van der Waals surface area contributed by atoms with E-state index in [-0.39, 0.29) is 0 Å². The first-order chi connectivity index (χ1) is 13.7. The molecule has 1 heterocycles. The highest BCUT2D eigenvalue weighted by Gasteiger charge is 2.13. The fraction of sp³-hybridized carbons (Fsp3) is 0.238. The van der Waals surface area contributed by atoms with Gasteiger partial charge in [0.15, 0.2) is 0 Å². The Hall–Kier alpha value is -2.84. The van der Waals surface area contributed by atoms with E-state index in [1.165, 1.54) is 22.2 Å². The highest BCUT2D eigenvalue weighted by Crippen LogP contribution is 2.25. The summed E-state index contributed by atoms with van der Waals surface area (Å²) in [6.07, 6.45) is -0.451. The van der Waals surface area contributed by atoms with Gasteiger partial charge in [-0.15, -0.1) is 0 Å². The van der Waals surface area contributed by atoms with Crippen LogP contribution in [0.2, 0.25) is 0 Å². The zero-order chi connectivity index (χ0) is 21.6. The van der Waals surface area contributed by atoms with Crippen LogP contribution in [0.4, 0.5) is 5.69 Å². The van der Waals surface area contributed by atoms with Gasteiger partial charge >= 0.3 is 11.9 Å². The van der Waals surface area contributed by atoms with E-state index in [9.17, 15) is 5.11 Å². The number of fused-ring (bicyclic) bond motifs is 1. The lowest BCUT2D eigenvalue weighted by molar-refractivity contribution is -0.159. The molecule has 1 unspecified atom stereocenters. The van der Waals surface area contributed by atoms with Crippen molar-refractivity contribution in [2.45, 2.75) is 26.5 Å². The second kappa shape index (κ2) is 10.1. The van der Waals surface area contributed by atoms with E-state index in [2.05, 4.69) is 57.9 Å². The molecular weight excluding hydrogens is 440 g/mol. The summed E-state index contributed by atoms with van der Waals surface area (Å²) in [5.41, 5.74) is 4.70. The predicted octanol–water partition coefficient (Wildman–Crippen LogP) is 3.65. The summed E-state index contributed by atoms with van der Waals surface area (Å²) in [4.78, 5) is 18.2. The fourth-order valence-corrected chi connectivity index (χ4v) is 3.18. The molecule has 0 fully saturated rings. The summed E-state index contributed by atoms with van der Waals surface area (Å²) in [5, 5.41) is 29.7. The lowest BCUT2D eigenvalue weighted by Crippen LogP contribution is -2.25. The van der Waals surface area contributed by atoms with E-state index in [1.807, 2.05) is 30.3 Å². The quantitative estimate of drug-likeness (QED) is 0.430. The summed E-state index contributed by atoms with van der Waals surface area (Å²) in [7, 11) is 0. The smallest absolute Gasteiger partial charge is 0.414 e. The molecule has 0 saturated heterocycles. The van der Waals surface area contributed by atoms with E-state index in [0.29, 0.717) is 13.1 Å². The molecule has 0 aliphatic carbocycles. The van der Waals surface area contributed by atoms with Crippen LogP contribution in [-0.4, -0.2) is 44.5 Å². The predicted molar refractivity (Wildman–Crippen MR) is 115 cm³/mol. The molecular formula is C21H23BrN2O5. The number of nitrogens with zero attached hydrogens (tertiary/aromatic N) is 1. The van der Waals surface area contributed by atoms with Gasteiger partial charge in [-0.1, -0.05) is 34.1 Å². The molecule has 2 aromatic carbocycles. The van der Waals surface area contributed by atoms with Gasteiger partial charge < -0.3 is 25.2 Å². The van der Waals surface area contributed by atoms with Gasteiger partial charge in [-0.3, -0.25) is 0 Å². The molecule has 7 nitrogen and oxygen atoms in total. The average Bonchev–Trinajstić information content (AvgIpc) is 2.93. The molecule has 0 aliphatic rings. The van der Waals surface area contributed by atoms with Gasteiger partial charge in [0.2, 0.25) is 0 Å². The number of aliphatic hydroxyl groups is 1. The zero-order valence-corrected chi connectivity index (χ0v) is 17.7. The number of nitrogens with one attached hydrogen (secondary N) is 1. The third-order valence-electron chi connectivity index (χ3n) is 4.51. The Balaban J connectivity index is 0.000000438. The van der Waals surface area contributed by atoms with Gasteiger partial charge in [0.1, 0.15) is 0 Å². The third kappa shape index (κ3) is 6.07. The van der Waals surface area contributed by atoms with Crippen molar-refractivity contribution in [3.05, 3.63) is 64.3 Å². The largest absolute Gasteiger partial charge is 0.473 e. The van der Waals surface area contributed by atoms with Gasteiger partial charge in [0.05, 0.1) is 12.6 Å². The Bertz CT molecular complexity index is 986. The second-order valence-corrected chi connectivity index (χ2v) is 7.41. The third-order valence-corrected chi connectivity index (χ3v) is 5.04. The monoisotopic (exact) mass is 462 g/mol. The SMILES string of the molecule is Cc1c(C)n(CC(O)CNc2ccc(Br)cc2)c2ccccc12.O=C(O)C(=O)O. The number of carboxylic acid groups (broad SMARTS) is 2. The van der Waals surface area contributed by atoms with Crippen molar-refractivity contribution in [3.63, 3.8) is 0 Å². The van der Waals surface area contributed by atoms with Crippen molar-refractivity contribution in [1.29, 1.82) is 0 Å². The van der Waals surface area contributed by atoms with Crippen LogP contribution < -0.4 is 5.32 Å². The Morgan fingerprint density at radius 2 is 1.62 bits per heavy atom. The summed E-state index contributed by atoms with van der Waals surface area (Å²) < 4.78 is 3.26. The summed E-state index contributed by atoms with van der Waals surface area (Å²) in [6, 6.07) is 16.3. The molecule has 0 aliphatic heterocycles. The van der Waals surface area contributed by atoms with Crippen LogP contribution in [0.15, 0.2) is 53.0 Å². The normalized spacial score (nSPS) is 11.4. The Labute approximate surface area is 176 Å². The van der Waals surface area contributed by atoms with Crippen LogP contribution in [0.1, 0.15) is 11.3 Å². The molecule has 0 bridgehead atoms. The minimum atomic E-state index is -1.82.